The van der Waals surface area contributed by atoms with Crippen LogP contribution in [0.4, 0.5) is 11.4 Å². The molecule has 28 heavy (non-hydrogen) atoms. The molecular formula is C21H21N5O2. The second kappa shape index (κ2) is 7.56. The summed E-state index contributed by atoms with van der Waals surface area (Å²) in [7, 11) is 0. The van der Waals surface area contributed by atoms with Crippen LogP contribution in [-0.4, -0.2) is 34.7 Å². The first kappa shape index (κ1) is 17.8. The van der Waals surface area contributed by atoms with Gasteiger partial charge in [-0.05, 0) is 43.2 Å². The lowest BCUT2D eigenvalue weighted by Crippen LogP contribution is -2.22. The van der Waals surface area contributed by atoms with E-state index < -0.39 is 5.91 Å². The fraction of sp³-hybridized carbons (Fsp3) is 0.190. The molecule has 3 aromatic rings. The van der Waals surface area contributed by atoms with Crippen LogP contribution in [-0.2, 0) is 0 Å². The molecule has 1 saturated heterocycles. The summed E-state index contributed by atoms with van der Waals surface area (Å²) >= 11 is 0. The Morgan fingerprint density at radius 2 is 1.75 bits per heavy atom. The number of primary amides is 1. The zero-order chi connectivity index (χ0) is 19.5. The second-order valence-electron chi connectivity index (χ2n) is 6.75. The van der Waals surface area contributed by atoms with Crippen molar-refractivity contribution in [2.24, 2.45) is 5.73 Å². The van der Waals surface area contributed by atoms with E-state index in [9.17, 15) is 9.59 Å². The standard InChI is InChI=1S/C21H21N5O2/c22-20(27)15-8-9-19(25-10-4-5-11-25)18(12-15)24-21(28)16-13-23-26(14-16)17-6-2-1-3-7-17/h1-3,6-9,12-14H,4-5,10-11H2,(H2,22,27)(H,24,28). The first-order chi connectivity index (χ1) is 13.6. The average Bonchev–Trinajstić information content (AvgIpc) is 3.41. The average molecular weight is 375 g/mol. The summed E-state index contributed by atoms with van der Waals surface area (Å²) in [6.07, 6.45) is 5.41. The van der Waals surface area contributed by atoms with E-state index >= 15 is 0 Å². The van der Waals surface area contributed by atoms with Gasteiger partial charge in [-0.3, -0.25) is 9.59 Å². The quantitative estimate of drug-likeness (QED) is 0.717. The number of nitrogens with zero attached hydrogens (tertiary/aromatic N) is 3. The van der Waals surface area contributed by atoms with Gasteiger partial charge >= 0.3 is 0 Å². The van der Waals surface area contributed by atoms with Crippen molar-refractivity contribution in [2.45, 2.75) is 12.8 Å². The minimum atomic E-state index is -0.527. The third-order valence-corrected chi connectivity index (χ3v) is 4.84. The Morgan fingerprint density at radius 1 is 1.00 bits per heavy atom. The molecule has 3 N–H and O–H groups in total. The number of nitrogens with two attached hydrogens (primary N) is 1. The molecule has 4 rings (SSSR count). The van der Waals surface area contributed by atoms with Crippen LogP contribution in [0.3, 0.4) is 0 Å². The van der Waals surface area contributed by atoms with Crippen LogP contribution in [0.1, 0.15) is 33.6 Å². The van der Waals surface area contributed by atoms with Gasteiger partial charge in [0.15, 0.2) is 0 Å². The van der Waals surface area contributed by atoms with Gasteiger partial charge in [0, 0.05) is 24.8 Å². The van der Waals surface area contributed by atoms with Crippen molar-refractivity contribution in [3.05, 3.63) is 72.1 Å². The summed E-state index contributed by atoms with van der Waals surface area (Å²) < 4.78 is 1.65. The van der Waals surface area contributed by atoms with Crippen molar-refractivity contribution < 1.29 is 9.59 Å². The molecule has 0 bridgehead atoms. The first-order valence-electron chi connectivity index (χ1n) is 9.22. The van der Waals surface area contributed by atoms with E-state index in [4.69, 9.17) is 5.73 Å². The maximum Gasteiger partial charge on any atom is 0.258 e. The predicted molar refractivity (Wildman–Crippen MR) is 108 cm³/mol. The molecule has 1 fully saturated rings. The lowest BCUT2D eigenvalue weighted by Gasteiger charge is -2.22. The largest absolute Gasteiger partial charge is 0.370 e. The molecule has 2 amide bonds. The van der Waals surface area contributed by atoms with Crippen LogP contribution in [0.5, 0.6) is 0 Å². The molecule has 0 atom stereocenters. The van der Waals surface area contributed by atoms with Gasteiger partial charge < -0.3 is 16.0 Å². The van der Waals surface area contributed by atoms with Crippen LogP contribution < -0.4 is 16.0 Å². The SMILES string of the molecule is NC(=O)c1ccc(N2CCCC2)c(NC(=O)c2cnn(-c3ccccc3)c2)c1. The van der Waals surface area contributed by atoms with Gasteiger partial charge in [-0.1, -0.05) is 18.2 Å². The van der Waals surface area contributed by atoms with E-state index in [0.717, 1.165) is 37.3 Å². The number of hydrogen-bond acceptors (Lipinski definition) is 4. The molecule has 0 spiro atoms. The predicted octanol–water partition coefficient (Wildman–Crippen LogP) is 2.82. The summed E-state index contributed by atoms with van der Waals surface area (Å²) in [5, 5.41) is 7.19. The Hall–Kier alpha value is -3.61. The summed E-state index contributed by atoms with van der Waals surface area (Å²) in [4.78, 5) is 26.6. The second-order valence-corrected chi connectivity index (χ2v) is 6.75. The molecule has 7 heteroatoms. The highest BCUT2D eigenvalue weighted by Crippen LogP contribution is 2.30. The first-order valence-corrected chi connectivity index (χ1v) is 9.22. The number of benzene rings is 2. The van der Waals surface area contributed by atoms with Crippen molar-refractivity contribution >= 4 is 23.2 Å². The van der Waals surface area contributed by atoms with E-state index in [1.54, 1.807) is 23.0 Å². The monoisotopic (exact) mass is 375 g/mol. The summed E-state index contributed by atoms with van der Waals surface area (Å²) in [5.74, 6) is -0.815. The molecule has 1 aliphatic heterocycles. The van der Waals surface area contributed by atoms with E-state index in [0.29, 0.717) is 16.8 Å². The van der Waals surface area contributed by atoms with Crippen molar-refractivity contribution in [3.8, 4) is 5.69 Å². The van der Waals surface area contributed by atoms with Gasteiger partial charge in [0.2, 0.25) is 5.91 Å². The highest BCUT2D eigenvalue weighted by molar-refractivity contribution is 6.06. The molecular weight excluding hydrogens is 354 g/mol. The zero-order valence-corrected chi connectivity index (χ0v) is 15.3. The van der Waals surface area contributed by atoms with E-state index in [-0.39, 0.29) is 5.91 Å². The van der Waals surface area contributed by atoms with E-state index in [1.807, 2.05) is 36.4 Å². The Bertz CT molecular complexity index is 1010. The minimum absolute atomic E-state index is 0.288. The topological polar surface area (TPSA) is 93.2 Å². The smallest absolute Gasteiger partial charge is 0.258 e. The zero-order valence-electron chi connectivity index (χ0n) is 15.3. The van der Waals surface area contributed by atoms with Crippen molar-refractivity contribution in [1.29, 1.82) is 0 Å². The molecule has 2 heterocycles. The van der Waals surface area contributed by atoms with Gasteiger partial charge in [-0.2, -0.15) is 5.10 Å². The van der Waals surface area contributed by atoms with E-state index in [2.05, 4.69) is 15.3 Å². The molecule has 1 aliphatic rings. The molecule has 142 valence electrons. The van der Waals surface area contributed by atoms with Crippen LogP contribution in [0.25, 0.3) is 5.69 Å². The lowest BCUT2D eigenvalue weighted by molar-refractivity contribution is 0.0996. The molecule has 0 saturated carbocycles. The molecule has 7 nitrogen and oxygen atoms in total. The summed E-state index contributed by atoms with van der Waals surface area (Å²) in [5.41, 5.74) is 8.55. The fourth-order valence-electron chi connectivity index (χ4n) is 3.38. The summed E-state index contributed by atoms with van der Waals surface area (Å²) in [6, 6.07) is 14.7. The van der Waals surface area contributed by atoms with Gasteiger partial charge in [0.05, 0.1) is 28.8 Å². The number of nitrogens with one attached hydrogen (secondary N) is 1. The molecule has 0 radical (unpaired) electrons. The van der Waals surface area contributed by atoms with Crippen LogP contribution in [0.15, 0.2) is 60.9 Å². The minimum Gasteiger partial charge on any atom is -0.370 e. The van der Waals surface area contributed by atoms with Crippen LogP contribution in [0, 0.1) is 0 Å². The number of carbonyl (C=O) groups excluding carboxylic acids is 2. The molecule has 1 aromatic heterocycles. The molecule has 2 aromatic carbocycles. The fourth-order valence-corrected chi connectivity index (χ4v) is 3.38. The summed E-state index contributed by atoms with van der Waals surface area (Å²) in [6.45, 7) is 1.84. The van der Waals surface area contributed by atoms with Crippen molar-refractivity contribution in [1.82, 2.24) is 9.78 Å². The number of anilines is 2. The highest BCUT2D eigenvalue weighted by Gasteiger charge is 2.19. The lowest BCUT2D eigenvalue weighted by atomic mass is 10.1. The van der Waals surface area contributed by atoms with Crippen LogP contribution >= 0.6 is 0 Å². The third-order valence-electron chi connectivity index (χ3n) is 4.84. The van der Waals surface area contributed by atoms with Crippen molar-refractivity contribution in [3.63, 3.8) is 0 Å². The number of carbonyl (C=O) groups is 2. The highest BCUT2D eigenvalue weighted by atomic mass is 16.2. The number of para-hydroxylation sites is 1. The maximum absolute atomic E-state index is 12.8. The number of hydrogen-bond donors (Lipinski definition) is 2. The third kappa shape index (κ3) is 3.59. The molecule has 0 unspecified atom stereocenters. The Kier molecular flexibility index (Phi) is 4.80. The van der Waals surface area contributed by atoms with Gasteiger partial charge in [0.25, 0.3) is 5.91 Å². The van der Waals surface area contributed by atoms with Crippen molar-refractivity contribution in [2.75, 3.05) is 23.3 Å². The Labute approximate surface area is 162 Å². The van der Waals surface area contributed by atoms with Crippen LogP contribution in [0.2, 0.25) is 0 Å². The van der Waals surface area contributed by atoms with Gasteiger partial charge in [0.1, 0.15) is 0 Å². The Morgan fingerprint density at radius 3 is 2.46 bits per heavy atom. The van der Waals surface area contributed by atoms with Gasteiger partial charge in [-0.25, -0.2) is 4.68 Å². The van der Waals surface area contributed by atoms with E-state index in [1.165, 1.54) is 6.20 Å². The number of amides is 2. The van der Waals surface area contributed by atoms with Gasteiger partial charge in [-0.15, -0.1) is 0 Å². The number of aromatic nitrogens is 2. The maximum atomic E-state index is 12.8. The Balaban J connectivity index is 1.61. The normalized spacial score (nSPS) is 13.5. The molecule has 0 aliphatic carbocycles. The number of rotatable bonds is 5.